The molecule has 25 heavy (non-hydrogen) atoms. The largest absolute Gasteiger partial charge is 0.544 e. The van der Waals surface area contributed by atoms with Crippen LogP contribution in [0.1, 0.15) is 63.7 Å². The Kier molecular flexibility index (Phi) is 10.6. The molecule has 142 valence electrons. The lowest BCUT2D eigenvalue weighted by Crippen LogP contribution is -2.58. The molecule has 1 aromatic rings. The second kappa shape index (κ2) is 12.2. The summed E-state index contributed by atoms with van der Waals surface area (Å²) in [5, 5.41) is 0. The summed E-state index contributed by atoms with van der Waals surface area (Å²) in [5.74, 6) is -0.371. The maximum Gasteiger partial charge on any atom is 0.544 e. The van der Waals surface area contributed by atoms with Gasteiger partial charge in [-0.15, -0.1) is 0 Å². The van der Waals surface area contributed by atoms with E-state index < -0.39 is 14.5 Å². The molecule has 0 aliphatic rings. The molecule has 1 atom stereocenters. The SMILES string of the molecule is CCCO[Si](OCCC)(OCCC)C(CC)OC(=O)c1ccccc1. The quantitative estimate of drug-likeness (QED) is 0.382. The third-order valence-corrected chi connectivity index (χ3v) is 6.68. The van der Waals surface area contributed by atoms with Gasteiger partial charge in [-0.25, -0.2) is 4.79 Å². The van der Waals surface area contributed by atoms with Gasteiger partial charge in [0.1, 0.15) is 0 Å². The van der Waals surface area contributed by atoms with Crippen LogP contribution in [0.4, 0.5) is 0 Å². The zero-order valence-electron chi connectivity index (χ0n) is 16.0. The minimum atomic E-state index is -3.13. The molecule has 0 saturated heterocycles. The van der Waals surface area contributed by atoms with Crippen molar-refractivity contribution >= 4 is 14.8 Å². The van der Waals surface area contributed by atoms with Gasteiger partial charge in [0, 0.05) is 19.8 Å². The number of benzene rings is 1. The van der Waals surface area contributed by atoms with E-state index in [1.54, 1.807) is 12.1 Å². The van der Waals surface area contributed by atoms with Gasteiger partial charge in [0.25, 0.3) is 0 Å². The molecule has 0 aliphatic heterocycles. The van der Waals surface area contributed by atoms with E-state index in [4.69, 9.17) is 18.0 Å². The Morgan fingerprint density at radius 3 is 1.76 bits per heavy atom. The zero-order chi connectivity index (χ0) is 18.5. The first-order chi connectivity index (χ1) is 12.1. The summed E-state index contributed by atoms with van der Waals surface area (Å²) in [7, 11) is -3.13. The summed E-state index contributed by atoms with van der Waals surface area (Å²) < 4.78 is 24.1. The van der Waals surface area contributed by atoms with Gasteiger partial charge >= 0.3 is 14.8 Å². The fourth-order valence-corrected chi connectivity index (χ4v) is 5.34. The van der Waals surface area contributed by atoms with E-state index in [2.05, 4.69) is 0 Å². The molecule has 0 radical (unpaired) electrons. The van der Waals surface area contributed by atoms with E-state index in [0.717, 1.165) is 19.3 Å². The molecule has 0 aliphatic carbocycles. The lowest BCUT2D eigenvalue weighted by atomic mass is 10.2. The molecule has 0 amide bonds. The predicted molar refractivity (Wildman–Crippen MR) is 100 cm³/mol. The highest BCUT2D eigenvalue weighted by Gasteiger charge is 2.51. The van der Waals surface area contributed by atoms with Gasteiger partial charge in [0.2, 0.25) is 0 Å². The second-order valence-electron chi connectivity index (χ2n) is 5.82. The standard InChI is InChI=1S/C19H32O5Si/c1-5-14-21-25(22-15-6-2,23-16-7-3)18(8-4)24-19(20)17-12-10-9-11-13-17/h9-13,18H,5-8,14-16H2,1-4H3. The van der Waals surface area contributed by atoms with Crippen LogP contribution in [-0.4, -0.2) is 40.3 Å². The molecule has 0 bridgehead atoms. The van der Waals surface area contributed by atoms with Crippen molar-refractivity contribution in [1.82, 2.24) is 0 Å². The van der Waals surface area contributed by atoms with Crippen LogP contribution in [0.25, 0.3) is 0 Å². The van der Waals surface area contributed by atoms with E-state index in [1.807, 2.05) is 45.9 Å². The molecule has 6 heteroatoms. The van der Waals surface area contributed by atoms with E-state index in [-0.39, 0.29) is 5.97 Å². The first kappa shape index (κ1) is 21.8. The van der Waals surface area contributed by atoms with Crippen molar-refractivity contribution in [3.63, 3.8) is 0 Å². The number of carbonyl (C=O) groups is 1. The van der Waals surface area contributed by atoms with E-state index >= 15 is 0 Å². The van der Waals surface area contributed by atoms with Gasteiger partial charge in [0.05, 0.1) is 5.56 Å². The molecule has 1 aromatic carbocycles. The Morgan fingerprint density at radius 1 is 0.880 bits per heavy atom. The highest BCUT2D eigenvalue weighted by Crippen LogP contribution is 2.23. The molecule has 0 spiro atoms. The van der Waals surface area contributed by atoms with Gasteiger partial charge < -0.3 is 18.0 Å². The highest BCUT2D eigenvalue weighted by molar-refractivity contribution is 6.62. The summed E-state index contributed by atoms with van der Waals surface area (Å²) in [6.07, 6.45) is 3.14. The fraction of sp³-hybridized carbons (Fsp3) is 0.632. The van der Waals surface area contributed by atoms with Crippen molar-refractivity contribution in [1.29, 1.82) is 0 Å². The Hall–Kier alpha value is -1.21. The average molecular weight is 369 g/mol. The summed E-state index contributed by atoms with van der Waals surface area (Å²) in [6.45, 7) is 9.66. The molecule has 5 nitrogen and oxygen atoms in total. The Labute approximate surface area is 153 Å². The van der Waals surface area contributed by atoms with Crippen LogP contribution in [0.2, 0.25) is 0 Å². The second-order valence-corrected chi connectivity index (χ2v) is 8.53. The summed E-state index contributed by atoms with van der Waals surface area (Å²) in [5.41, 5.74) is 0.00943. The molecule has 0 aromatic heterocycles. The van der Waals surface area contributed by atoms with Crippen LogP contribution in [0.5, 0.6) is 0 Å². The number of carbonyl (C=O) groups excluding carboxylic acids is 1. The smallest absolute Gasteiger partial charge is 0.454 e. The van der Waals surface area contributed by atoms with Gasteiger partial charge in [0.15, 0.2) is 5.73 Å². The van der Waals surface area contributed by atoms with Crippen LogP contribution >= 0.6 is 0 Å². The number of hydrogen-bond donors (Lipinski definition) is 0. The number of rotatable bonds is 13. The lowest BCUT2D eigenvalue weighted by molar-refractivity contribution is -0.00852. The van der Waals surface area contributed by atoms with Crippen molar-refractivity contribution < 1.29 is 22.8 Å². The predicted octanol–water partition coefficient (Wildman–Crippen LogP) is 4.38. The Morgan fingerprint density at radius 2 is 1.36 bits per heavy atom. The molecule has 0 saturated carbocycles. The van der Waals surface area contributed by atoms with E-state index in [1.165, 1.54) is 0 Å². The minimum Gasteiger partial charge on any atom is -0.454 e. The summed E-state index contributed by atoms with van der Waals surface area (Å²) in [4.78, 5) is 12.5. The highest BCUT2D eigenvalue weighted by atomic mass is 28.4. The van der Waals surface area contributed by atoms with E-state index in [0.29, 0.717) is 31.8 Å². The van der Waals surface area contributed by atoms with Gasteiger partial charge in [-0.1, -0.05) is 45.9 Å². The molecule has 1 unspecified atom stereocenters. The summed E-state index contributed by atoms with van der Waals surface area (Å²) in [6, 6.07) is 8.98. The first-order valence-corrected chi connectivity index (χ1v) is 11.1. The van der Waals surface area contributed by atoms with Crippen LogP contribution in [0.3, 0.4) is 0 Å². The van der Waals surface area contributed by atoms with E-state index in [9.17, 15) is 4.79 Å². The molecule has 0 fully saturated rings. The van der Waals surface area contributed by atoms with Gasteiger partial charge in [-0.3, -0.25) is 0 Å². The first-order valence-electron chi connectivity index (χ1n) is 9.31. The molecule has 0 N–H and O–H groups in total. The molecular formula is C19H32O5Si. The maximum absolute atomic E-state index is 12.5. The fourth-order valence-electron chi connectivity index (χ4n) is 2.31. The molecular weight excluding hydrogens is 336 g/mol. The van der Waals surface area contributed by atoms with Crippen molar-refractivity contribution in [3.05, 3.63) is 35.9 Å². The number of esters is 1. The van der Waals surface area contributed by atoms with Crippen LogP contribution in [0, 0.1) is 0 Å². The monoisotopic (exact) mass is 368 g/mol. The van der Waals surface area contributed by atoms with Crippen LogP contribution in [-0.2, 0) is 18.0 Å². The van der Waals surface area contributed by atoms with Crippen molar-refractivity contribution in [2.24, 2.45) is 0 Å². The van der Waals surface area contributed by atoms with Gasteiger partial charge in [-0.2, -0.15) is 0 Å². The normalized spacial score (nSPS) is 12.8. The average Bonchev–Trinajstić information content (AvgIpc) is 2.66. The third-order valence-electron chi connectivity index (χ3n) is 3.55. The number of hydrogen-bond acceptors (Lipinski definition) is 5. The van der Waals surface area contributed by atoms with Gasteiger partial charge in [-0.05, 0) is 37.8 Å². The van der Waals surface area contributed by atoms with Crippen molar-refractivity contribution in [3.8, 4) is 0 Å². The zero-order valence-corrected chi connectivity index (χ0v) is 17.0. The van der Waals surface area contributed by atoms with Crippen LogP contribution in [0.15, 0.2) is 30.3 Å². The topological polar surface area (TPSA) is 54.0 Å². The third kappa shape index (κ3) is 6.90. The lowest BCUT2D eigenvalue weighted by Gasteiger charge is -2.34. The number of ether oxygens (including phenoxy) is 1. The maximum atomic E-state index is 12.5. The Bertz CT molecular complexity index is 458. The molecule has 1 rings (SSSR count). The molecule has 0 heterocycles. The van der Waals surface area contributed by atoms with Crippen molar-refractivity contribution in [2.75, 3.05) is 19.8 Å². The summed E-state index contributed by atoms with van der Waals surface area (Å²) >= 11 is 0. The minimum absolute atomic E-state index is 0.371. The van der Waals surface area contributed by atoms with Crippen LogP contribution < -0.4 is 0 Å². The Balaban J connectivity index is 3.00. The van der Waals surface area contributed by atoms with Crippen molar-refractivity contribution in [2.45, 2.75) is 59.1 Å².